The van der Waals surface area contributed by atoms with Gasteiger partial charge in [0.2, 0.25) is 0 Å². The van der Waals surface area contributed by atoms with Crippen LogP contribution in [0.1, 0.15) is 45.7 Å². The van der Waals surface area contributed by atoms with Crippen LogP contribution in [-0.2, 0) is 31.9 Å². The zero-order chi connectivity index (χ0) is 17.4. The lowest BCUT2D eigenvalue weighted by Gasteiger charge is -2.06. The summed E-state index contributed by atoms with van der Waals surface area (Å²) >= 11 is 0. The van der Waals surface area contributed by atoms with Crippen molar-refractivity contribution >= 4 is 23.5 Å². The molecule has 24 heavy (non-hydrogen) atoms. The number of carbonyl (C=O) groups is 4. The number of fused-ring (bicyclic) bond motifs is 2. The van der Waals surface area contributed by atoms with Crippen LogP contribution in [0.3, 0.4) is 0 Å². The molecule has 6 nitrogen and oxygen atoms in total. The molecule has 0 fully saturated rings. The number of ketones is 2. The number of ether oxygens (including phenoxy) is 2. The molecule has 0 unspecified atom stereocenters. The first-order valence-corrected chi connectivity index (χ1v) is 8.05. The van der Waals surface area contributed by atoms with E-state index in [1.54, 1.807) is 26.0 Å². The fourth-order valence-corrected chi connectivity index (χ4v) is 3.35. The first-order valence-electron chi connectivity index (χ1n) is 8.05. The number of rotatable bonds is 4. The molecule has 0 saturated heterocycles. The molecule has 126 valence electrons. The summed E-state index contributed by atoms with van der Waals surface area (Å²) in [5, 5.41) is 0. The highest BCUT2D eigenvalue weighted by Gasteiger charge is 2.42. The smallest absolute Gasteiger partial charge is 0.317 e. The molecule has 2 aliphatic rings. The van der Waals surface area contributed by atoms with Crippen molar-refractivity contribution in [2.24, 2.45) is 11.8 Å². The van der Waals surface area contributed by atoms with Gasteiger partial charge in [-0.3, -0.25) is 19.2 Å². The summed E-state index contributed by atoms with van der Waals surface area (Å²) in [5.41, 5.74) is 2.22. The monoisotopic (exact) mass is 330 g/mol. The average Bonchev–Trinajstić information content (AvgIpc) is 3.04. The molecule has 1 aromatic carbocycles. The van der Waals surface area contributed by atoms with Crippen LogP contribution in [0.15, 0.2) is 12.1 Å². The predicted octanol–water partition coefficient (Wildman–Crippen LogP) is 1.52. The molecular weight excluding hydrogens is 312 g/mol. The highest BCUT2D eigenvalue weighted by molar-refractivity contribution is 6.16. The van der Waals surface area contributed by atoms with E-state index in [0.29, 0.717) is 22.3 Å². The van der Waals surface area contributed by atoms with E-state index >= 15 is 0 Å². The molecule has 3 rings (SSSR count). The van der Waals surface area contributed by atoms with Gasteiger partial charge in [0.25, 0.3) is 0 Å². The lowest BCUT2D eigenvalue weighted by atomic mass is 10.0. The molecule has 0 aliphatic heterocycles. The molecule has 0 saturated carbocycles. The number of Topliss-reactive ketones (excluding diaryl/α,β-unsaturated/α-hetero) is 2. The Hall–Kier alpha value is -2.50. The van der Waals surface area contributed by atoms with Crippen LogP contribution in [-0.4, -0.2) is 36.7 Å². The van der Waals surface area contributed by atoms with Crippen LogP contribution in [0.4, 0.5) is 0 Å². The van der Waals surface area contributed by atoms with Gasteiger partial charge in [0.1, 0.15) is 11.8 Å². The Morgan fingerprint density at radius 3 is 1.58 bits per heavy atom. The van der Waals surface area contributed by atoms with E-state index in [2.05, 4.69) is 0 Å². The van der Waals surface area contributed by atoms with Gasteiger partial charge >= 0.3 is 11.9 Å². The maximum Gasteiger partial charge on any atom is 0.317 e. The van der Waals surface area contributed by atoms with Crippen molar-refractivity contribution in [1.82, 2.24) is 0 Å². The first kappa shape index (κ1) is 16.4. The van der Waals surface area contributed by atoms with Crippen molar-refractivity contribution in [3.05, 3.63) is 34.4 Å². The standard InChI is InChI=1S/C18H18O6/c1-3-23-17(21)13-7-9-5-12-10(6-11(9)15(13)19)8-14(16(12)20)18(22)24-4-2/h5-6,13-14H,3-4,7-8H2,1-2H3/t13-,14-/m0/s1. The van der Waals surface area contributed by atoms with E-state index in [9.17, 15) is 19.2 Å². The van der Waals surface area contributed by atoms with Crippen molar-refractivity contribution in [2.45, 2.75) is 26.7 Å². The van der Waals surface area contributed by atoms with E-state index in [1.165, 1.54) is 0 Å². The Morgan fingerprint density at radius 2 is 1.25 bits per heavy atom. The van der Waals surface area contributed by atoms with E-state index in [0.717, 1.165) is 0 Å². The summed E-state index contributed by atoms with van der Waals surface area (Å²) < 4.78 is 9.87. The highest BCUT2D eigenvalue weighted by atomic mass is 16.5. The van der Waals surface area contributed by atoms with Gasteiger partial charge in [-0.1, -0.05) is 0 Å². The zero-order valence-corrected chi connectivity index (χ0v) is 13.6. The van der Waals surface area contributed by atoms with Gasteiger partial charge in [0.15, 0.2) is 11.6 Å². The van der Waals surface area contributed by atoms with Gasteiger partial charge in [-0.2, -0.15) is 0 Å². The van der Waals surface area contributed by atoms with Crippen LogP contribution in [0.25, 0.3) is 0 Å². The summed E-state index contributed by atoms with van der Waals surface area (Å²) in [4.78, 5) is 48.6. The van der Waals surface area contributed by atoms with Crippen molar-refractivity contribution in [1.29, 1.82) is 0 Å². The summed E-state index contributed by atoms with van der Waals surface area (Å²) in [6.07, 6.45) is 0.468. The van der Waals surface area contributed by atoms with Crippen LogP contribution in [0.2, 0.25) is 0 Å². The molecule has 0 aromatic heterocycles. The van der Waals surface area contributed by atoms with Gasteiger partial charge in [-0.15, -0.1) is 0 Å². The maximum absolute atomic E-state index is 12.4. The third kappa shape index (κ3) is 2.52. The lowest BCUT2D eigenvalue weighted by molar-refractivity contribution is -0.146. The number of esters is 2. The van der Waals surface area contributed by atoms with Crippen LogP contribution < -0.4 is 0 Å². The van der Waals surface area contributed by atoms with Gasteiger partial charge < -0.3 is 9.47 Å². The molecule has 2 atom stereocenters. The van der Waals surface area contributed by atoms with Crippen molar-refractivity contribution < 1.29 is 28.7 Å². The number of benzene rings is 1. The Kier molecular flexibility index (Phi) is 4.22. The fourth-order valence-electron chi connectivity index (χ4n) is 3.35. The molecule has 0 spiro atoms. The first-order chi connectivity index (χ1) is 11.5. The normalized spacial score (nSPS) is 21.4. The van der Waals surface area contributed by atoms with Gasteiger partial charge in [0.05, 0.1) is 13.2 Å². The molecule has 1 aromatic rings. The second-order valence-electron chi connectivity index (χ2n) is 5.91. The molecule has 0 heterocycles. The third-order valence-electron chi connectivity index (χ3n) is 4.48. The van der Waals surface area contributed by atoms with Gasteiger partial charge in [-0.05, 0) is 49.9 Å². The SMILES string of the molecule is CCOC(=O)[C@H]1Cc2cc3c(cc2C1=O)C[C@H](C(=O)OCC)C3=O. The van der Waals surface area contributed by atoms with Crippen molar-refractivity contribution in [3.63, 3.8) is 0 Å². The second kappa shape index (κ2) is 6.19. The van der Waals surface area contributed by atoms with Crippen molar-refractivity contribution in [3.8, 4) is 0 Å². The minimum atomic E-state index is -0.835. The van der Waals surface area contributed by atoms with Crippen LogP contribution in [0, 0.1) is 11.8 Å². The van der Waals surface area contributed by atoms with E-state index in [-0.39, 0.29) is 37.6 Å². The molecule has 0 radical (unpaired) electrons. The lowest BCUT2D eigenvalue weighted by Crippen LogP contribution is -2.23. The Bertz CT molecular complexity index is 684. The quantitative estimate of drug-likeness (QED) is 0.614. The predicted molar refractivity (Wildman–Crippen MR) is 82.8 cm³/mol. The van der Waals surface area contributed by atoms with E-state index < -0.39 is 23.8 Å². The van der Waals surface area contributed by atoms with Crippen LogP contribution in [0.5, 0.6) is 0 Å². The minimum Gasteiger partial charge on any atom is -0.465 e. The molecule has 0 N–H and O–H groups in total. The van der Waals surface area contributed by atoms with E-state index in [1.807, 2.05) is 0 Å². The molecule has 2 aliphatic carbocycles. The Labute approximate surface area is 139 Å². The number of carbonyl (C=O) groups excluding carboxylic acids is 4. The maximum atomic E-state index is 12.4. The fraction of sp³-hybridized carbons (Fsp3) is 0.444. The van der Waals surface area contributed by atoms with Crippen molar-refractivity contribution in [2.75, 3.05) is 13.2 Å². The van der Waals surface area contributed by atoms with Crippen LogP contribution >= 0.6 is 0 Å². The third-order valence-corrected chi connectivity index (χ3v) is 4.48. The molecule has 0 bridgehead atoms. The molecule has 0 amide bonds. The zero-order valence-electron chi connectivity index (χ0n) is 13.6. The van der Waals surface area contributed by atoms with Gasteiger partial charge in [-0.25, -0.2) is 0 Å². The highest BCUT2D eigenvalue weighted by Crippen LogP contribution is 2.35. The summed E-state index contributed by atoms with van der Waals surface area (Å²) in [6.45, 7) is 3.81. The largest absolute Gasteiger partial charge is 0.465 e. The average molecular weight is 330 g/mol. The Balaban J connectivity index is 1.88. The minimum absolute atomic E-state index is 0.217. The molecule has 6 heteroatoms. The summed E-state index contributed by atoms with van der Waals surface area (Å²) in [5.74, 6) is -3.29. The summed E-state index contributed by atoms with van der Waals surface area (Å²) in [6, 6.07) is 3.28. The topological polar surface area (TPSA) is 86.7 Å². The number of hydrogen-bond donors (Lipinski definition) is 0. The van der Waals surface area contributed by atoms with E-state index in [4.69, 9.17) is 9.47 Å². The Morgan fingerprint density at radius 1 is 0.875 bits per heavy atom. The summed E-state index contributed by atoms with van der Waals surface area (Å²) in [7, 11) is 0. The number of hydrogen-bond acceptors (Lipinski definition) is 6. The van der Waals surface area contributed by atoms with Gasteiger partial charge in [0, 0.05) is 11.1 Å². The molecular formula is C18H18O6. The second-order valence-corrected chi connectivity index (χ2v) is 5.91.